The average Bonchev–Trinajstić information content (AvgIpc) is 2.44. The highest BCUT2D eigenvalue weighted by Crippen LogP contribution is 2.27. The first-order chi connectivity index (χ1) is 10.4. The van der Waals surface area contributed by atoms with Crippen LogP contribution >= 0.6 is 23.2 Å². The van der Waals surface area contributed by atoms with Crippen LogP contribution in [0.1, 0.15) is 11.1 Å². The largest absolute Gasteiger partial charge is 0.287 e. The number of nitrogens with zero attached hydrogens (tertiary/aromatic N) is 2. The van der Waals surface area contributed by atoms with Gasteiger partial charge in [0.15, 0.2) is 0 Å². The molecule has 0 saturated carbocycles. The number of hydrogen-bond acceptors (Lipinski definition) is 4. The molecule has 0 bridgehead atoms. The van der Waals surface area contributed by atoms with Gasteiger partial charge in [-0.25, -0.2) is 0 Å². The van der Waals surface area contributed by atoms with E-state index in [-0.39, 0.29) is 21.4 Å². The Bertz CT molecular complexity index is 725. The molecular weight excluding hydrogens is 331 g/mol. The topological polar surface area (TPSA) is 86.3 Å². The second-order valence-electron chi connectivity index (χ2n) is 4.27. The van der Waals surface area contributed by atoms with Crippen LogP contribution < -0.4 is 0 Å². The molecular formula is C14H8Cl2N2O4. The molecule has 2 aromatic rings. The van der Waals surface area contributed by atoms with Crippen molar-refractivity contribution in [2.75, 3.05) is 0 Å². The Labute approximate surface area is 134 Å². The van der Waals surface area contributed by atoms with E-state index in [0.29, 0.717) is 11.1 Å². The minimum Gasteiger partial charge on any atom is -0.258 e. The zero-order chi connectivity index (χ0) is 16.3. The van der Waals surface area contributed by atoms with Crippen molar-refractivity contribution in [3.8, 4) is 0 Å². The Morgan fingerprint density at radius 3 is 1.41 bits per heavy atom. The van der Waals surface area contributed by atoms with Gasteiger partial charge in [-0.05, 0) is 35.4 Å². The van der Waals surface area contributed by atoms with E-state index in [2.05, 4.69) is 0 Å². The minimum atomic E-state index is -0.564. The van der Waals surface area contributed by atoms with Gasteiger partial charge in [-0.15, -0.1) is 0 Å². The fraction of sp³-hybridized carbons (Fsp3) is 0. The maximum atomic E-state index is 10.7. The van der Waals surface area contributed by atoms with Crippen molar-refractivity contribution in [2.24, 2.45) is 0 Å². The van der Waals surface area contributed by atoms with Gasteiger partial charge in [0.25, 0.3) is 11.4 Å². The van der Waals surface area contributed by atoms with Crippen molar-refractivity contribution < 1.29 is 9.85 Å². The van der Waals surface area contributed by atoms with Crippen LogP contribution in [-0.4, -0.2) is 9.85 Å². The highest BCUT2D eigenvalue weighted by atomic mass is 35.5. The summed E-state index contributed by atoms with van der Waals surface area (Å²) in [5.74, 6) is 0. The van der Waals surface area contributed by atoms with E-state index in [4.69, 9.17) is 23.2 Å². The summed E-state index contributed by atoms with van der Waals surface area (Å²) in [4.78, 5) is 20.2. The first kappa shape index (κ1) is 15.9. The number of rotatable bonds is 4. The molecule has 0 N–H and O–H groups in total. The summed E-state index contributed by atoms with van der Waals surface area (Å²) in [6.07, 6.45) is 3.35. The molecule has 0 aliphatic rings. The molecule has 0 heterocycles. The van der Waals surface area contributed by atoms with Crippen molar-refractivity contribution in [3.63, 3.8) is 0 Å². The molecule has 0 aliphatic heterocycles. The van der Waals surface area contributed by atoms with Crippen molar-refractivity contribution in [2.45, 2.75) is 0 Å². The molecule has 112 valence electrons. The van der Waals surface area contributed by atoms with Crippen molar-refractivity contribution >= 4 is 46.7 Å². The fourth-order valence-corrected chi connectivity index (χ4v) is 2.26. The summed E-state index contributed by atoms with van der Waals surface area (Å²) in [5.41, 5.74) is 0.976. The van der Waals surface area contributed by atoms with E-state index < -0.39 is 9.85 Å². The molecule has 0 aromatic heterocycles. The lowest BCUT2D eigenvalue weighted by atomic mass is 10.1. The van der Waals surface area contributed by atoms with Crippen LogP contribution in [0, 0.1) is 20.2 Å². The van der Waals surface area contributed by atoms with Gasteiger partial charge in [-0.3, -0.25) is 20.2 Å². The normalized spacial score (nSPS) is 10.8. The van der Waals surface area contributed by atoms with Crippen LogP contribution in [0.5, 0.6) is 0 Å². The second-order valence-corrected chi connectivity index (χ2v) is 5.08. The maximum Gasteiger partial charge on any atom is 0.287 e. The Kier molecular flexibility index (Phi) is 4.75. The zero-order valence-corrected chi connectivity index (χ0v) is 12.4. The third-order valence-electron chi connectivity index (χ3n) is 2.81. The fourth-order valence-electron chi connectivity index (χ4n) is 1.74. The molecule has 22 heavy (non-hydrogen) atoms. The lowest BCUT2D eigenvalue weighted by molar-refractivity contribution is -0.384. The molecule has 2 aromatic carbocycles. The molecule has 6 nitrogen and oxygen atoms in total. The van der Waals surface area contributed by atoms with Gasteiger partial charge in [0.1, 0.15) is 10.0 Å². The third kappa shape index (κ3) is 3.60. The van der Waals surface area contributed by atoms with Crippen LogP contribution in [0.3, 0.4) is 0 Å². The van der Waals surface area contributed by atoms with Gasteiger partial charge in [0, 0.05) is 12.1 Å². The maximum absolute atomic E-state index is 10.7. The summed E-state index contributed by atoms with van der Waals surface area (Å²) >= 11 is 11.6. The summed E-state index contributed by atoms with van der Waals surface area (Å²) in [5, 5.41) is 21.4. The molecule has 0 saturated heterocycles. The summed E-state index contributed by atoms with van der Waals surface area (Å²) in [6, 6.07) is 8.64. The van der Waals surface area contributed by atoms with Gasteiger partial charge < -0.3 is 0 Å². The van der Waals surface area contributed by atoms with Crippen LogP contribution in [-0.2, 0) is 0 Å². The van der Waals surface area contributed by atoms with Gasteiger partial charge in [-0.2, -0.15) is 0 Å². The number of nitro groups is 2. The smallest absolute Gasteiger partial charge is 0.258 e. The summed E-state index contributed by atoms with van der Waals surface area (Å²) in [6.45, 7) is 0. The van der Waals surface area contributed by atoms with E-state index in [0.717, 1.165) is 0 Å². The number of benzene rings is 2. The zero-order valence-electron chi connectivity index (χ0n) is 10.9. The predicted octanol–water partition coefficient (Wildman–Crippen LogP) is 4.98. The first-order valence-electron chi connectivity index (χ1n) is 5.94. The van der Waals surface area contributed by atoms with Crippen LogP contribution in [0.2, 0.25) is 10.0 Å². The highest BCUT2D eigenvalue weighted by molar-refractivity contribution is 6.33. The predicted molar refractivity (Wildman–Crippen MR) is 85.1 cm³/mol. The Morgan fingerprint density at radius 1 is 0.773 bits per heavy atom. The molecule has 2 rings (SSSR count). The van der Waals surface area contributed by atoms with Crippen LogP contribution in [0.25, 0.3) is 12.2 Å². The Hall–Kier alpha value is -2.44. The molecule has 0 unspecified atom stereocenters. The average molecular weight is 339 g/mol. The summed E-state index contributed by atoms with van der Waals surface area (Å²) < 4.78 is 0. The monoisotopic (exact) mass is 338 g/mol. The van der Waals surface area contributed by atoms with Crippen molar-refractivity contribution in [1.82, 2.24) is 0 Å². The SMILES string of the molecule is O=[N+]([O-])c1ccc(/C=C/c2ccc([N+](=O)[O-])c(Cl)c2)cc1Cl. The van der Waals surface area contributed by atoms with Crippen LogP contribution in [0.15, 0.2) is 36.4 Å². The van der Waals surface area contributed by atoms with E-state index >= 15 is 0 Å². The quantitative estimate of drug-likeness (QED) is 0.446. The van der Waals surface area contributed by atoms with Crippen LogP contribution in [0.4, 0.5) is 11.4 Å². The molecule has 0 aliphatic carbocycles. The first-order valence-corrected chi connectivity index (χ1v) is 6.70. The summed E-state index contributed by atoms with van der Waals surface area (Å²) in [7, 11) is 0. The van der Waals surface area contributed by atoms with Gasteiger partial charge in [-0.1, -0.05) is 35.4 Å². The number of nitro benzene ring substituents is 2. The molecule has 0 amide bonds. The number of halogens is 2. The molecule has 0 fully saturated rings. The number of hydrogen-bond donors (Lipinski definition) is 0. The molecule has 0 radical (unpaired) electrons. The highest BCUT2D eigenvalue weighted by Gasteiger charge is 2.12. The minimum absolute atomic E-state index is 0.0360. The lowest BCUT2D eigenvalue weighted by Crippen LogP contribution is -1.89. The van der Waals surface area contributed by atoms with E-state index in [9.17, 15) is 20.2 Å². The molecule has 0 atom stereocenters. The van der Waals surface area contributed by atoms with E-state index in [1.807, 2.05) is 0 Å². The standard InChI is InChI=1S/C14H8Cl2N2O4/c15-11-7-9(3-5-13(11)17(19)20)1-2-10-4-6-14(18(21)22)12(16)8-10/h1-8H/b2-1+. The van der Waals surface area contributed by atoms with Gasteiger partial charge >= 0.3 is 0 Å². The Balaban J connectivity index is 2.25. The molecule has 8 heteroatoms. The van der Waals surface area contributed by atoms with E-state index in [1.165, 1.54) is 24.3 Å². The van der Waals surface area contributed by atoms with Crippen molar-refractivity contribution in [1.29, 1.82) is 0 Å². The van der Waals surface area contributed by atoms with E-state index in [1.54, 1.807) is 24.3 Å². The molecule has 0 spiro atoms. The van der Waals surface area contributed by atoms with Gasteiger partial charge in [0.2, 0.25) is 0 Å². The third-order valence-corrected chi connectivity index (χ3v) is 3.41. The lowest BCUT2D eigenvalue weighted by Gasteiger charge is -1.99. The Morgan fingerprint density at radius 2 is 1.14 bits per heavy atom. The van der Waals surface area contributed by atoms with Crippen molar-refractivity contribution in [3.05, 3.63) is 77.8 Å². The van der Waals surface area contributed by atoms with Gasteiger partial charge in [0.05, 0.1) is 9.85 Å². The second kappa shape index (κ2) is 6.55.